The number of halogens is 1. The number of fused-ring (bicyclic) bond motifs is 3. The molecule has 4 fully saturated rings. The Balaban J connectivity index is 1.40. The molecule has 4 aliphatic rings. The van der Waals surface area contributed by atoms with Crippen molar-refractivity contribution >= 4 is 44.3 Å². The van der Waals surface area contributed by atoms with Crippen LogP contribution in [0.1, 0.15) is 31.2 Å². The molecule has 1 amide bonds. The zero-order valence-electron chi connectivity index (χ0n) is 15.5. The standard InChI is InChI=1S/C20H23ClN2O3S2/c21-15-5-2-12(3-6-15)9-19(24)22-20-23(16-8-13-1-4-14(16)7-13)17-10-28(25,26)11-18(17)27-20/h2-3,5-6,13-14,16-18H,1,4,7-11H2/t13-,14-,16-,17+,18+/m0/s1. The van der Waals surface area contributed by atoms with Gasteiger partial charge in [-0.1, -0.05) is 41.9 Å². The fourth-order valence-electron chi connectivity index (χ4n) is 5.45. The van der Waals surface area contributed by atoms with E-state index in [0.717, 1.165) is 23.1 Å². The summed E-state index contributed by atoms with van der Waals surface area (Å²) in [7, 11) is -3.00. The molecule has 5 atom stereocenters. The van der Waals surface area contributed by atoms with E-state index in [1.807, 2.05) is 12.1 Å². The first-order chi connectivity index (χ1) is 13.4. The lowest BCUT2D eigenvalue weighted by atomic mass is 9.93. The van der Waals surface area contributed by atoms with Crippen molar-refractivity contribution in [2.75, 3.05) is 11.5 Å². The smallest absolute Gasteiger partial charge is 0.252 e. The Hall–Kier alpha value is -1.05. The number of hydrogen-bond acceptors (Lipinski definition) is 4. The minimum Gasteiger partial charge on any atom is -0.343 e. The third-order valence-electron chi connectivity index (χ3n) is 6.65. The van der Waals surface area contributed by atoms with Gasteiger partial charge in [-0.3, -0.25) is 4.79 Å². The van der Waals surface area contributed by atoms with Crippen LogP contribution in [-0.4, -0.2) is 53.2 Å². The highest BCUT2D eigenvalue weighted by atomic mass is 35.5. The number of thioether (sulfide) groups is 1. The molecular formula is C20H23ClN2O3S2. The molecule has 2 aliphatic carbocycles. The zero-order valence-corrected chi connectivity index (χ0v) is 17.8. The summed E-state index contributed by atoms with van der Waals surface area (Å²) in [6.45, 7) is 0. The lowest BCUT2D eigenvalue weighted by Gasteiger charge is -2.36. The molecule has 1 aromatic rings. The van der Waals surface area contributed by atoms with Crippen LogP contribution in [0.4, 0.5) is 0 Å². The number of carbonyl (C=O) groups is 1. The minimum atomic E-state index is -3.00. The Bertz CT molecular complexity index is 931. The van der Waals surface area contributed by atoms with Crippen LogP contribution in [0.25, 0.3) is 0 Å². The monoisotopic (exact) mass is 438 g/mol. The molecule has 150 valence electrons. The number of sulfone groups is 1. The molecule has 2 heterocycles. The normalized spacial score (nSPS) is 37.0. The molecule has 0 aromatic heterocycles. The van der Waals surface area contributed by atoms with E-state index in [1.54, 1.807) is 12.1 Å². The predicted molar refractivity (Wildman–Crippen MR) is 112 cm³/mol. The van der Waals surface area contributed by atoms with E-state index in [4.69, 9.17) is 11.6 Å². The molecule has 5 nitrogen and oxygen atoms in total. The summed E-state index contributed by atoms with van der Waals surface area (Å²) in [6.07, 6.45) is 5.09. The highest BCUT2D eigenvalue weighted by Gasteiger charge is 2.54. The van der Waals surface area contributed by atoms with Gasteiger partial charge >= 0.3 is 0 Å². The third-order valence-corrected chi connectivity index (χ3v) is 10.1. The van der Waals surface area contributed by atoms with Gasteiger partial charge in [-0.2, -0.15) is 4.99 Å². The molecule has 2 aliphatic heterocycles. The lowest BCUT2D eigenvalue weighted by Crippen LogP contribution is -2.47. The van der Waals surface area contributed by atoms with Gasteiger partial charge in [0.15, 0.2) is 15.0 Å². The van der Waals surface area contributed by atoms with Gasteiger partial charge in [0.2, 0.25) is 0 Å². The molecule has 2 saturated heterocycles. The molecule has 2 bridgehead atoms. The molecule has 0 N–H and O–H groups in total. The summed E-state index contributed by atoms with van der Waals surface area (Å²) in [5.41, 5.74) is 0.885. The van der Waals surface area contributed by atoms with Gasteiger partial charge in [0.25, 0.3) is 5.91 Å². The summed E-state index contributed by atoms with van der Waals surface area (Å²) in [5.74, 6) is 1.58. The van der Waals surface area contributed by atoms with Crippen molar-refractivity contribution in [1.82, 2.24) is 4.90 Å². The summed E-state index contributed by atoms with van der Waals surface area (Å²) < 4.78 is 24.4. The van der Waals surface area contributed by atoms with Crippen LogP contribution in [0.2, 0.25) is 5.02 Å². The molecule has 0 unspecified atom stereocenters. The molecule has 2 saturated carbocycles. The quantitative estimate of drug-likeness (QED) is 0.725. The first kappa shape index (κ1) is 18.9. The Kier molecular flexibility index (Phi) is 4.75. The van der Waals surface area contributed by atoms with Crippen LogP contribution in [0.3, 0.4) is 0 Å². The fourth-order valence-corrected chi connectivity index (χ4v) is 9.57. The first-order valence-corrected chi connectivity index (χ1v) is 13.0. The van der Waals surface area contributed by atoms with Crippen molar-refractivity contribution in [3.63, 3.8) is 0 Å². The summed E-state index contributed by atoms with van der Waals surface area (Å²) in [6, 6.07) is 7.56. The lowest BCUT2D eigenvalue weighted by molar-refractivity contribution is -0.117. The average Bonchev–Trinajstić information content (AvgIpc) is 3.36. The molecule has 5 rings (SSSR count). The molecule has 8 heteroatoms. The second-order valence-electron chi connectivity index (χ2n) is 8.54. The number of amides is 1. The van der Waals surface area contributed by atoms with Crippen LogP contribution < -0.4 is 0 Å². The SMILES string of the molecule is O=C(Cc1ccc(Cl)cc1)N=C1S[C@@H]2CS(=O)(=O)C[C@H]2N1[C@H]1C[C@H]2CC[C@H]1C2. The highest BCUT2D eigenvalue weighted by molar-refractivity contribution is 8.15. The van der Waals surface area contributed by atoms with Crippen molar-refractivity contribution in [2.45, 2.75) is 49.4 Å². The Labute approximate surface area is 174 Å². The number of nitrogens with zero attached hydrogens (tertiary/aromatic N) is 2. The van der Waals surface area contributed by atoms with E-state index in [-0.39, 0.29) is 35.1 Å². The van der Waals surface area contributed by atoms with Crippen molar-refractivity contribution in [3.05, 3.63) is 34.9 Å². The summed E-state index contributed by atoms with van der Waals surface area (Å²) >= 11 is 7.42. The van der Waals surface area contributed by atoms with Crippen LogP contribution in [-0.2, 0) is 21.1 Å². The second-order valence-corrected chi connectivity index (χ2v) is 12.3. The number of aliphatic imine (C=N–C) groups is 1. The molecule has 28 heavy (non-hydrogen) atoms. The topological polar surface area (TPSA) is 66.8 Å². The largest absolute Gasteiger partial charge is 0.343 e. The number of amidine groups is 1. The number of rotatable bonds is 3. The fraction of sp³-hybridized carbons (Fsp3) is 0.600. The molecule has 0 spiro atoms. The van der Waals surface area contributed by atoms with Crippen molar-refractivity contribution < 1.29 is 13.2 Å². The molecular weight excluding hydrogens is 416 g/mol. The predicted octanol–water partition coefficient (Wildman–Crippen LogP) is 3.17. The Morgan fingerprint density at radius 1 is 1.14 bits per heavy atom. The Morgan fingerprint density at radius 2 is 1.93 bits per heavy atom. The van der Waals surface area contributed by atoms with E-state index >= 15 is 0 Å². The van der Waals surface area contributed by atoms with E-state index in [1.165, 1.54) is 31.0 Å². The third kappa shape index (κ3) is 3.50. The van der Waals surface area contributed by atoms with Gasteiger partial charge in [0.1, 0.15) is 0 Å². The van der Waals surface area contributed by atoms with E-state index in [9.17, 15) is 13.2 Å². The summed E-state index contributed by atoms with van der Waals surface area (Å²) in [4.78, 5) is 19.4. The van der Waals surface area contributed by atoms with Gasteiger partial charge in [0.05, 0.1) is 24.0 Å². The second kappa shape index (κ2) is 7.03. The average molecular weight is 439 g/mol. The van der Waals surface area contributed by atoms with Gasteiger partial charge in [-0.15, -0.1) is 0 Å². The van der Waals surface area contributed by atoms with Gasteiger partial charge in [-0.05, 0) is 48.8 Å². The molecule has 1 aromatic carbocycles. The van der Waals surface area contributed by atoms with Crippen LogP contribution >= 0.6 is 23.4 Å². The maximum Gasteiger partial charge on any atom is 0.252 e. The van der Waals surface area contributed by atoms with Crippen molar-refractivity contribution in [1.29, 1.82) is 0 Å². The van der Waals surface area contributed by atoms with Crippen LogP contribution in [0.15, 0.2) is 29.3 Å². The van der Waals surface area contributed by atoms with Gasteiger partial charge in [-0.25, -0.2) is 8.42 Å². The van der Waals surface area contributed by atoms with Gasteiger partial charge in [0, 0.05) is 16.3 Å². The highest BCUT2D eigenvalue weighted by Crippen LogP contribution is 2.51. The maximum atomic E-state index is 12.6. The molecule has 0 radical (unpaired) electrons. The number of carbonyl (C=O) groups excluding carboxylic acids is 1. The van der Waals surface area contributed by atoms with E-state index in [0.29, 0.717) is 17.0 Å². The van der Waals surface area contributed by atoms with E-state index in [2.05, 4.69) is 9.89 Å². The Morgan fingerprint density at radius 3 is 2.61 bits per heavy atom. The first-order valence-electron chi connectivity index (χ1n) is 9.89. The van der Waals surface area contributed by atoms with Crippen molar-refractivity contribution in [3.8, 4) is 0 Å². The number of hydrogen-bond donors (Lipinski definition) is 0. The minimum absolute atomic E-state index is 0.00575. The zero-order chi connectivity index (χ0) is 19.5. The summed E-state index contributed by atoms with van der Waals surface area (Å²) in [5, 5.41) is 1.40. The van der Waals surface area contributed by atoms with E-state index < -0.39 is 9.84 Å². The van der Waals surface area contributed by atoms with Crippen LogP contribution in [0.5, 0.6) is 0 Å². The van der Waals surface area contributed by atoms with Gasteiger partial charge < -0.3 is 4.90 Å². The van der Waals surface area contributed by atoms with Crippen molar-refractivity contribution in [2.24, 2.45) is 16.8 Å². The maximum absolute atomic E-state index is 12.6. The van der Waals surface area contributed by atoms with Crippen LogP contribution in [0, 0.1) is 11.8 Å². The number of benzene rings is 1.